The lowest BCUT2D eigenvalue weighted by atomic mass is 10.1. The predicted octanol–water partition coefficient (Wildman–Crippen LogP) is 1.55. The summed E-state index contributed by atoms with van der Waals surface area (Å²) in [7, 11) is 7.14. The fourth-order valence-corrected chi connectivity index (χ4v) is 4.77. The van der Waals surface area contributed by atoms with Crippen molar-refractivity contribution in [2.45, 2.75) is 38.0 Å². The van der Waals surface area contributed by atoms with Crippen molar-refractivity contribution in [2.24, 2.45) is 7.05 Å². The van der Waals surface area contributed by atoms with Gasteiger partial charge in [0.05, 0.1) is 31.8 Å². The Hall–Kier alpha value is -2.58. The van der Waals surface area contributed by atoms with Crippen LogP contribution < -0.4 is 10.1 Å². The van der Waals surface area contributed by atoms with Gasteiger partial charge < -0.3 is 24.3 Å². The molecule has 2 aromatic rings. The average molecular weight is 429 g/mol. The molecular formula is C23H32N4O4. The van der Waals surface area contributed by atoms with Gasteiger partial charge in [-0.25, -0.2) is 0 Å². The zero-order valence-corrected chi connectivity index (χ0v) is 19.0. The van der Waals surface area contributed by atoms with Crippen LogP contribution in [0.3, 0.4) is 0 Å². The summed E-state index contributed by atoms with van der Waals surface area (Å²) in [5.41, 5.74) is 2.64. The number of benzene rings is 1. The molecule has 8 nitrogen and oxygen atoms in total. The maximum absolute atomic E-state index is 13.3. The monoisotopic (exact) mass is 428 g/mol. The SMILES string of the molecule is COc1ccc2c(c1)c(C(=O)N[C@H]1C[C@H]3CO[C@@H](CC(=O)N(C)C)CN3C1)c(C)n2C. The zero-order valence-electron chi connectivity index (χ0n) is 19.0. The first kappa shape index (κ1) is 21.6. The number of rotatable bonds is 5. The van der Waals surface area contributed by atoms with Crippen LogP contribution in [0.15, 0.2) is 18.2 Å². The summed E-state index contributed by atoms with van der Waals surface area (Å²) in [6.45, 7) is 4.07. The molecule has 0 bridgehead atoms. The van der Waals surface area contributed by atoms with E-state index in [9.17, 15) is 9.59 Å². The second kappa shape index (κ2) is 8.51. The third-order valence-electron chi connectivity index (χ3n) is 6.65. The standard InChI is InChI=1S/C23H32N4O4/c1-14-22(19-9-17(30-5)6-7-20(19)26(14)4)23(29)24-15-8-16-13-31-18(12-27(16)11-15)10-21(28)25(2)3/h6-7,9,15-16,18H,8,10-13H2,1-5H3,(H,24,29)/t15-,16-,18-/m0/s1. The Morgan fingerprint density at radius 2 is 2.06 bits per heavy atom. The van der Waals surface area contributed by atoms with Crippen molar-refractivity contribution in [1.29, 1.82) is 0 Å². The number of aromatic nitrogens is 1. The summed E-state index contributed by atoms with van der Waals surface area (Å²) >= 11 is 0. The number of amides is 2. The Morgan fingerprint density at radius 3 is 2.77 bits per heavy atom. The highest BCUT2D eigenvalue weighted by atomic mass is 16.5. The Morgan fingerprint density at radius 1 is 1.29 bits per heavy atom. The first-order valence-corrected chi connectivity index (χ1v) is 10.8. The molecule has 31 heavy (non-hydrogen) atoms. The molecule has 8 heteroatoms. The first-order valence-electron chi connectivity index (χ1n) is 10.8. The number of aryl methyl sites for hydroxylation is 1. The summed E-state index contributed by atoms with van der Waals surface area (Å²) in [6, 6.07) is 6.17. The molecule has 0 spiro atoms. The Labute approximate surface area is 183 Å². The van der Waals surface area contributed by atoms with Gasteiger partial charge >= 0.3 is 0 Å². The largest absolute Gasteiger partial charge is 0.497 e. The van der Waals surface area contributed by atoms with E-state index in [1.807, 2.05) is 36.7 Å². The summed E-state index contributed by atoms with van der Waals surface area (Å²) < 4.78 is 13.3. The second-order valence-electron chi connectivity index (χ2n) is 8.86. The molecule has 0 saturated carbocycles. The van der Waals surface area contributed by atoms with Crippen molar-refractivity contribution in [3.8, 4) is 5.75 Å². The van der Waals surface area contributed by atoms with E-state index in [0.717, 1.165) is 41.9 Å². The van der Waals surface area contributed by atoms with Crippen molar-refractivity contribution in [3.05, 3.63) is 29.5 Å². The smallest absolute Gasteiger partial charge is 0.253 e. The maximum atomic E-state index is 13.3. The molecule has 1 aromatic heterocycles. The lowest BCUT2D eigenvalue weighted by Gasteiger charge is -2.35. The molecule has 2 aliphatic rings. The molecular weight excluding hydrogens is 396 g/mol. The molecule has 3 heterocycles. The van der Waals surface area contributed by atoms with Crippen LogP contribution in [0.25, 0.3) is 10.9 Å². The van der Waals surface area contributed by atoms with E-state index < -0.39 is 0 Å². The van der Waals surface area contributed by atoms with Gasteiger partial charge in [-0.1, -0.05) is 0 Å². The Balaban J connectivity index is 1.45. The van der Waals surface area contributed by atoms with Crippen molar-refractivity contribution in [3.63, 3.8) is 0 Å². The molecule has 0 unspecified atom stereocenters. The quantitative estimate of drug-likeness (QED) is 0.782. The van der Waals surface area contributed by atoms with Crippen molar-refractivity contribution < 1.29 is 19.1 Å². The van der Waals surface area contributed by atoms with Crippen LogP contribution in [0.4, 0.5) is 0 Å². The van der Waals surface area contributed by atoms with Crippen molar-refractivity contribution in [1.82, 2.24) is 19.7 Å². The molecule has 1 N–H and O–H groups in total. The highest BCUT2D eigenvalue weighted by molar-refractivity contribution is 6.08. The van der Waals surface area contributed by atoms with Gasteiger partial charge in [0.2, 0.25) is 5.91 Å². The van der Waals surface area contributed by atoms with E-state index >= 15 is 0 Å². The predicted molar refractivity (Wildman–Crippen MR) is 118 cm³/mol. The molecule has 1 aromatic carbocycles. The number of morpholine rings is 1. The minimum absolute atomic E-state index is 0.0542. The zero-order chi connectivity index (χ0) is 22.3. The number of carbonyl (C=O) groups excluding carboxylic acids is 2. The third-order valence-corrected chi connectivity index (χ3v) is 6.65. The molecule has 0 radical (unpaired) electrons. The normalized spacial score (nSPS) is 23.6. The number of hydrogen-bond acceptors (Lipinski definition) is 5. The first-order chi connectivity index (χ1) is 14.8. The molecule has 2 aliphatic heterocycles. The lowest BCUT2D eigenvalue weighted by molar-refractivity contribution is -0.134. The van der Waals surface area contributed by atoms with Crippen LogP contribution in [-0.2, 0) is 16.6 Å². The second-order valence-corrected chi connectivity index (χ2v) is 8.86. The fraction of sp³-hybridized carbons (Fsp3) is 0.565. The van der Waals surface area contributed by atoms with Gasteiger partial charge in [-0.05, 0) is 31.5 Å². The van der Waals surface area contributed by atoms with Crippen LogP contribution in [0.5, 0.6) is 5.75 Å². The number of carbonyl (C=O) groups is 2. The summed E-state index contributed by atoms with van der Waals surface area (Å²) in [5, 5.41) is 4.14. The maximum Gasteiger partial charge on any atom is 0.253 e. The number of ether oxygens (including phenoxy) is 2. The minimum atomic E-state index is -0.0895. The number of methoxy groups -OCH3 is 1. The Bertz CT molecular complexity index is 999. The topological polar surface area (TPSA) is 76.0 Å². The van der Waals surface area contributed by atoms with E-state index in [0.29, 0.717) is 18.6 Å². The van der Waals surface area contributed by atoms with E-state index in [1.54, 1.807) is 26.1 Å². The van der Waals surface area contributed by atoms with Crippen LogP contribution in [-0.4, -0.2) is 85.3 Å². The number of fused-ring (bicyclic) bond motifs is 2. The van der Waals surface area contributed by atoms with Gasteiger partial charge in [0.1, 0.15) is 5.75 Å². The van der Waals surface area contributed by atoms with E-state index in [-0.39, 0.29) is 30.0 Å². The molecule has 2 saturated heterocycles. The lowest BCUT2D eigenvalue weighted by Crippen LogP contribution is -2.47. The van der Waals surface area contributed by atoms with Crippen LogP contribution in [0, 0.1) is 6.92 Å². The van der Waals surface area contributed by atoms with Gasteiger partial charge in [0.25, 0.3) is 5.91 Å². The van der Waals surface area contributed by atoms with Gasteiger partial charge in [0.15, 0.2) is 0 Å². The number of nitrogens with zero attached hydrogens (tertiary/aromatic N) is 3. The van der Waals surface area contributed by atoms with E-state index in [2.05, 4.69) is 10.2 Å². The summed E-state index contributed by atoms with van der Waals surface area (Å²) in [4.78, 5) is 29.2. The van der Waals surface area contributed by atoms with Crippen LogP contribution >= 0.6 is 0 Å². The fourth-order valence-electron chi connectivity index (χ4n) is 4.77. The van der Waals surface area contributed by atoms with Gasteiger partial charge in [-0.2, -0.15) is 0 Å². The summed E-state index contributed by atoms with van der Waals surface area (Å²) in [6.07, 6.45) is 1.16. The van der Waals surface area contributed by atoms with Crippen molar-refractivity contribution >= 4 is 22.7 Å². The molecule has 168 valence electrons. The molecule has 3 atom stereocenters. The molecule has 0 aliphatic carbocycles. The van der Waals surface area contributed by atoms with Crippen LogP contribution in [0.2, 0.25) is 0 Å². The number of hydrogen-bond donors (Lipinski definition) is 1. The van der Waals surface area contributed by atoms with Crippen LogP contribution in [0.1, 0.15) is 28.9 Å². The molecule has 2 fully saturated rings. The third kappa shape index (κ3) is 4.14. The highest BCUT2D eigenvalue weighted by Crippen LogP contribution is 2.30. The molecule has 2 amide bonds. The van der Waals surface area contributed by atoms with E-state index in [4.69, 9.17) is 9.47 Å². The van der Waals surface area contributed by atoms with Gasteiger partial charge in [0, 0.05) is 62.9 Å². The highest BCUT2D eigenvalue weighted by Gasteiger charge is 2.39. The molecule has 4 rings (SSSR count). The van der Waals surface area contributed by atoms with E-state index in [1.165, 1.54) is 0 Å². The number of nitrogens with one attached hydrogen (secondary N) is 1. The van der Waals surface area contributed by atoms with Gasteiger partial charge in [-0.3, -0.25) is 14.5 Å². The van der Waals surface area contributed by atoms with Gasteiger partial charge in [-0.15, -0.1) is 0 Å². The van der Waals surface area contributed by atoms with Crippen molar-refractivity contribution in [2.75, 3.05) is 40.9 Å². The minimum Gasteiger partial charge on any atom is -0.497 e. The Kier molecular flexibility index (Phi) is 5.94. The average Bonchev–Trinajstić information content (AvgIpc) is 3.24. The summed E-state index contributed by atoms with van der Waals surface area (Å²) in [5.74, 6) is 0.761.